The zero-order valence-corrected chi connectivity index (χ0v) is 31.8. The Morgan fingerprint density at radius 1 is 0.276 bits per heavy atom. The molecule has 1 heterocycles. The normalized spacial score (nSPS) is 11.4. The molecule has 272 valence electrons. The highest BCUT2D eigenvalue weighted by Crippen LogP contribution is 2.41. The standard InChI is InChI=1S/C56H38N2/c1-2-19-45(20-3-1)58-55-26-9-8-23-53(55)54-38-48(35-36-56(54)58)57(47-33-29-42(30-34-47)51-24-11-15-40-13-4-6-21-49(40)51)46-31-27-39(28-32-46)43-17-10-18-44(37-43)52-25-12-16-41-14-5-7-22-50(41)52/h1-38H. The predicted octanol–water partition coefficient (Wildman–Crippen LogP) is 15.6. The average Bonchev–Trinajstić information content (AvgIpc) is 3.63. The van der Waals surface area contributed by atoms with Gasteiger partial charge in [0.25, 0.3) is 0 Å². The number of fused-ring (bicyclic) bond motifs is 5. The lowest BCUT2D eigenvalue weighted by atomic mass is 9.95. The molecule has 1 aromatic heterocycles. The number of nitrogens with zero attached hydrogens (tertiary/aromatic N) is 2. The van der Waals surface area contributed by atoms with Crippen LogP contribution in [0.3, 0.4) is 0 Å². The van der Waals surface area contributed by atoms with Gasteiger partial charge in [0.05, 0.1) is 11.0 Å². The van der Waals surface area contributed by atoms with Crippen LogP contribution in [0.1, 0.15) is 0 Å². The van der Waals surface area contributed by atoms with Crippen LogP contribution in [-0.4, -0.2) is 4.57 Å². The first-order valence-corrected chi connectivity index (χ1v) is 19.9. The molecule has 0 bridgehead atoms. The van der Waals surface area contributed by atoms with E-state index in [-0.39, 0.29) is 0 Å². The lowest BCUT2D eigenvalue weighted by Crippen LogP contribution is -2.10. The number of anilines is 3. The Labute approximate surface area is 338 Å². The van der Waals surface area contributed by atoms with E-state index in [1.807, 2.05) is 0 Å². The van der Waals surface area contributed by atoms with E-state index in [9.17, 15) is 0 Å². The molecule has 2 nitrogen and oxygen atoms in total. The van der Waals surface area contributed by atoms with Gasteiger partial charge in [-0.2, -0.15) is 0 Å². The van der Waals surface area contributed by atoms with Crippen molar-refractivity contribution in [2.24, 2.45) is 0 Å². The molecule has 0 amide bonds. The summed E-state index contributed by atoms with van der Waals surface area (Å²) in [5.74, 6) is 0. The average molecular weight is 739 g/mol. The summed E-state index contributed by atoms with van der Waals surface area (Å²) in [5.41, 5.74) is 14.1. The Balaban J connectivity index is 1.03. The molecule has 0 spiro atoms. The number of benzene rings is 10. The summed E-state index contributed by atoms with van der Waals surface area (Å²) in [5, 5.41) is 7.48. The van der Waals surface area contributed by atoms with Crippen LogP contribution in [0.15, 0.2) is 231 Å². The monoisotopic (exact) mass is 738 g/mol. The summed E-state index contributed by atoms with van der Waals surface area (Å²) < 4.78 is 2.37. The van der Waals surface area contributed by atoms with Crippen molar-refractivity contribution in [1.82, 2.24) is 4.57 Å². The summed E-state index contributed by atoms with van der Waals surface area (Å²) in [7, 11) is 0. The second-order valence-electron chi connectivity index (χ2n) is 15.0. The second-order valence-corrected chi connectivity index (χ2v) is 15.0. The van der Waals surface area contributed by atoms with Crippen molar-refractivity contribution in [2.75, 3.05) is 4.90 Å². The van der Waals surface area contributed by atoms with Crippen molar-refractivity contribution in [3.8, 4) is 39.1 Å². The molecule has 2 heteroatoms. The van der Waals surface area contributed by atoms with Gasteiger partial charge in [0, 0.05) is 33.5 Å². The molecule has 0 atom stereocenters. The van der Waals surface area contributed by atoms with E-state index in [0.717, 1.165) is 22.7 Å². The molecule has 0 N–H and O–H groups in total. The molecule has 0 saturated carbocycles. The molecule has 0 unspecified atom stereocenters. The van der Waals surface area contributed by atoms with Crippen molar-refractivity contribution in [1.29, 1.82) is 0 Å². The molecular weight excluding hydrogens is 701 g/mol. The molecule has 0 aliphatic carbocycles. The van der Waals surface area contributed by atoms with Gasteiger partial charge < -0.3 is 9.47 Å². The van der Waals surface area contributed by atoms with E-state index in [0.29, 0.717) is 0 Å². The van der Waals surface area contributed by atoms with Gasteiger partial charge in [-0.1, -0.05) is 164 Å². The highest BCUT2D eigenvalue weighted by atomic mass is 15.1. The fourth-order valence-electron chi connectivity index (χ4n) is 8.82. The topological polar surface area (TPSA) is 8.17 Å². The van der Waals surface area contributed by atoms with Crippen LogP contribution in [-0.2, 0) is 0 Å². The van der Waals surface area contributed by atoms with Gasteiger partial charge in [-0.3, -0.25) is 0 Å². The van der Waals surface area contributed by atoms with Crippen LogP contribution in [0.5, 0.6) is 0 Å². The highest BCUT2D eigenvalue weighted by molar-refractivity contribution is 6.11. The fourth-order valence-corrected chi connectivity index (χ4v) is 8.82. The first-order valence-electron chi connectivity index (χ1n) is 19.9. The quantitative estimate of drug-likeness (QED) is 0.158. The first kappa shape index (κ1) is 33.6. The molecule has 0 radical (unpaired) electrons. The summed E-state index contributed by atoms with van der Waals surface area (Å²) in [4.78, 5) is 2.39. The molecule has 58 heavy (non-hydrogen) atoms. The Hall–Kier alpha value is -7.68. The second kappa shape index (κ2) is 14.1. The van der Waals surface area contributed by atoms with E-state index < -0.39 is 0 Å². The Bertz CT molecular complexity index is 3260. The van der Waals surface area contributed by atoms with Crippen LogP contribution < -0.4 is 4.90 Å². The zero-order chi connectivity index (χ0) is 38.4. The molecular formula is C56H38N2. The van der Waals surface area contributed by atoms with Crippen LogP contribution in [0.4, 0.5) is 17.1 Å². The van der Waals surface area contributed by atoms with Crippen LogP contribution >= 0.6 is 0 Å². The number of hydrogen-bond donors (Lipinski definition) is 0. The smallest absolute Gasteiger partial charge is 0.0542 e. The molecule has 0 aliphatic rings. The SMILES string of the molecule is c1ccc(-n2c3ccccc3c3cc(N(c4ccc(-c5cccc(-c6cccc7ccccc67)c5)cc4)c4ccc(-c5cccc6ccccc56)cc4)ccc32)cc1. The molecule has 0 aliphatic heterocycles. The third-order valence-corrected chi connectivity index (χ3v) is 11.6. The van der Waals surface area contributed by atoms with E-state index >= 15 is 0 Å². The minimum Gasteiger partial charge on any atom is -0.310 e. The van der Waals surface area contributed by atoms with Gasteiger partial charge >= 0.3 is 0 Å². The Morgan fingerprint density at radius 3 is 1.47 bits per heavy atom. The lowest BCUT2D eigenvalue weighted by molar-refractivity contribution is 1.18. The molecule has 11 rings (SSSR count). The molecule has 11 aromatic rings. The minimum absolute atomic E-state index is 1.10. The van der Waals surface area contributed by atoms with Gasteiger partial charge in [0.1, 0.15) is 0 Å². The van der Waals surface area contributed by atoms with Gasteiger partial charge in [0.15, 0.2) is 0 Å². The Morgan fingerprint density at radius 2 is 0.776 bits per heavy atom. The van der Waals surface area contributed by atoms with Gasteiger partial charge in [-0.05, 0) is 122 Å². The number of rotatable bonds is 7. The largest absolute Gasteiger partial charge is 0.310 e. The van der Waals surface area contributed by atoms with Crippen molar-refractivity contribution in [2.45, 2.75) is 0 Å². The number of aromatic nitrogens is 1. The van der Waals surface area contributed by atoms with Crippen LogP contribution in [0.25, 0.3) is 82.4 Å². The van der Waals surface area contributed by atoms with Crippen molar-refractivity contribution < 1.29 is 0 Å². The van der Waals surface area contributed by atoms with Gasteiger partial charge in [-0.25, -0.2) is 0 Å². The number of hydrogen-bond acceptors (Lipinski definition) is 1. The van der Waals surface area contributed by atoms with Crippen LogP contribution in [0, 0.1) is 0 Å². The maximum atomic E-state index is 2.39. The van der Waals surface area contributed by atoms with Crippen molar-refractivity contribution in [3.05, 3.63) is 231 Å². The van der Waals surface area contributed by atoms with E-state index in [4.69, 9.17) is 0 Å². The van der Waals surface area contributed by atoms with E-state index in [2.05, 4.69) is 240 Å². The van der Waals surface area contributed by atoms with Gasteiger partial charge in [-0.15, -0.1) is 0 Å². The summed E-state index contributed by atoms with van der Waals surface area (Å²) in [6.45, 7) is 0. The van der Waals surface area contributed by atoms with Crippen LogP contribution in [0.2, 0.25) is 0 Å². The Kier molecular flexibility index (Phi) is 8.19. The van der Waals surface area contributed by atoms with Crippen molar-refractivity contribution in [3.63, 3.8) is 0 Å². The molecule has 10 aromatic carbocycles. The zero-order valence-electron chi connectivity index (χ0n) is 31.8. The summed E-state index contributed by atoms with van der Waals surface area (Å²) in [6, 6.07) is 83.7. The van der Waals surface area contributed by atoms with Gasteiger partial charge in [0.2, 0.25) is 0 Å². The fraction of sp³-hybridized carbons (Fsp3) is 0. The minimum atomic E-state index is 1.10. The predicted molar refractivity (Wildman–Crippen MR) is 247 cm³/mol. The third kappa shape index (κ3) is 5.82. The maximum absolute atomic E-state index is 2.39. The molecule has 0 fully saturated rings. The van der Waals surface area contributed by atoms with E-state index in [1.165, 1.54) is 76.7 Å². The third-order valence-electron chi connectivity index (χ3n) is 11.6. The highest BCUT2D eigenvalue weighted by Gasteiger charge is 2.18. The van der Waals surface area contributed by atoms with Crippen molar-refractivity contribution >= 4 is 60.4 Å². The number of para-hydroxylation sites is 2. The summed E-state index contributed by atoms with van der Waals surface area (Å²) >= 11 is 0. The summed E-state index contributed by atoms with van der Waals surface area (Å²) in [6.07, 6.45) is 0. The first-order chi connectivity index (χ1) is 28.8. The lowest BCUT2D eigenvalue weighted by Gasteiger charge is -2.26. The molecule has 0 saturated heterocycles. The maximum Gasteiger partial charge on any atom is 0.0542 e. The van der Waals surface area contributed by atoms with E-state index in [1.54, 1.807) is 0 Å².